The molecule has 0 aromatic heterocycles. The fourth-order valence-electron chi connectivity index (χ4n) is 2.56. The second kappa shape index (κ2) is 6.84. The van der Waals surface area contributed by atoms with Gasteiger partial charge in [0.05, 0.1) is 10.9 Å². The summed E-state index contributed by atoms with van der Waals surface area (Å²) in [6.45, 7) is 7.28. The fraction of sp³-hybridized carbons (Fsp3) is 0.211. The Labute approximate surface area is 139 Å². The van der Waals surface area contributed by atoms with E-state index in [9.17, 15) is 17.7 Å². The van der Waals surface area contributed by atoms with Crippen LogP contribution < -0.4 is 5.30 Å². The minimum Gasteiger partial charge on any atom is -0.313 e. The third kappa shape index (κ3) is 3.40. The van der Waals surface area contributed by atoms with Gasteiger partial charge in [-0.05, 0) is 17.7 Å². The molecule has 0 aliphatic rings. The van der Waals surface area contributed by atoms with E-state index in [2.05, 4.69) is 12.3 Å². The van der Waals surface area contributed by atoms with Crippen LogP contribution in [-0.2, 0) is 10.7 Å². The van der Waals surface area contributed by atoms with Crippen molar-refractivity contribution < 1.29 is 17.7 Å². The summed E-state index contributed by atoms with van der Waals surface area (Å²) in [4.78, 5) is 0. The highest BCUT2D eigenvalue weighted by molar-refractivity contribution is 7.81. The molecule has 2 aromatic rings. The zero-order valence-electron chi connectivity index (χ0n) is 13.5. The molecule has 0 N–H and O–H groups in total. The number of rotatable bonds is 4. The Bertz CT molecular complexity index is 799. The monoisotopic (exact) mass is 350 g/mol. The first-order valence-corrected chi connectivity index (χ1v) is 9.22. The first-order valence-electron chi connectivity index (χ1n) is 7.45. The van der Waals surface area contributed by atoms with Gasteiger partial charge in [0.25, 0.3) is 0 Å². The molecular formula is C19H18F3OP. The van der Waals surface area contributed by atoms with E-state index in [-0.39, 0.29) is 5.66 Å². The molecule has 5 heteroatoms. The van der Waals surface area contributed by atoms with Crippen molar-refractivity contribution in [2.45, 2.75) is 25.7 Å². The molecule has 0 bridgehead atoms. The third-order valence-corrected chi connectivity index (χ3v) is 7.45. The molecule has 2 aromatic carbocycles. The minimum absolute atomic E-state index is 0.230. The van der Waals surface area contributed by atoms with E-state index in [1.54, 1.807) is 24.3 Å². The first-order chi connectivity index (χ1) is 11.2. The van der Waals surface area contributed by atoms with Gasteiger partial charge in [0.1, 0.15) is 0 Å². The van der Waals surface area contributed by atoms with Gasteiger partial charge in [-0.25, -0.2) is 0 Å². The van der Waals surface area contributed by atoms with Gasteiger partial charge in [0.15, 0.2) is 7.14 Å². The van der Waals surface area contributed by atoms with Crippen LogP contribution in [-0.4, -0.2) is 5.66 Å². The Morgan fingerprint density at radius 1 is 1.04 bits per heavy atom. The highest BCUT2D eigenvalue weighted by Crippen LogP contribution is 2.60. The van der Waals surface area contributed by atoms with Crippen LogP contribution in [0.5, 0.6) is 0 Å². The number of halogens is 3. The average Bonchev–Trinajstić information content (AvgIpc) is 2.55. The largest absolute Gasteiger partial charge is 0.416 e. The minimum atomic E-state index is -4.40. The molecule has 0 unspecified atom stereocenters. The Morgan fingerprint density at radius 3 is 2.00 bits per heavy atom. The summed E-state index contributed by atoms with van der Waals surface area (Å²) in [5.41, 5.74) is 2.19. The van der Waals surface area contributed by atoms with Gasteiger partial charge in [-0.2, -0.15) is 13.2 Å². The molecule has 0 aliphatic heterocycles. The van der Waals surface area contributed by atoms with Crippen LogP contribution in [0.25, 0.3) is 5.31 Å². The van der Waals surface area contributed by atoms with Crippen molar-refractivity contribution in [1.82, 2.24) is 0 Å². The Balaban J connectivity index is 2.58. The van der Waals surface area contributed by atoms with Crippen LogP contribution in [0.1, 0.15) is 25.0 Å². The lowest BCUT2D eigenvalue weighted by molar-refractivity contribution is -0.137. The maximum absolute atomic E-state index is 13.8. The Kier molecular flexibility index (Phi) is 5.22. The van der Waals surface area contributed by atoms with Gasteiger partial charge in [-0.3, -0.25) is 0 Å². The van der Waals surface area contributed by atoms with E-state index in [0.717, 1.165) is 12.1 Å². The summed E-state index contributed by atoms with van der Waals surface area (Å²) in [5, 5.41) is 1.00. The molecule has 0 saturated heterocycles. The molecule has 24 heavy (non-hydrogen) atoms. The van der Waals surface area contributed by atoms with Crippen LogP contribution in [0, 0.1) is 0 Å². The molecule has 1 nitrogen and oxygen atoms in total. The van der Waals surface area contributed by atoms with Crippen molar-refractivity contribution in [1.29, 1.82) is 0 Å². The lowest BCUT2D eigenvalue weighted by Crippen LogP contribution is -2.13. The maximum atomic E-state index is 13.8. The van der Waals surface area contributed by atoms with Crippen molar-refractivity contribution in [2.24, 2.45) is 0 Å². The van der Waals surface area contributed by atoms with E-state index in [1.165, 1.54) is 12.1 Å². The summed E-state index contributed by atoms with van der Waals surface area (Å²) < 4.78 is 52.0. The van der Waals surface area contributed by atoms with E-state index >= 15 is 0 Å². The summed E-state index contributed by atoms with van der Waals surface area (Å²) >= 11 is 0. The molecular weight excluding hydrogens is 332 g/mol. The van der Waals surface area contributed by atoms with E-state index in [0.29, 0.717) is 16.2 Å². The summed E-state index contributed by atoms with van der Waals surface area (Å²) in [6, 6.07) is 13.6. The van der Waals surface area contributed by atoms with Crippen LogP contribution in [0.15, 0.2) is 66.9 Å². The van der Waals surface area contributed by atoms with E-state index in [1.807, 2.05) is 19.9 Å². The molecule has 0 spiro atoms. The lowest BCUT2D eigenvalue weighted by atomic mass is 10.1. The van der Waals surface area contributed by atoms with Crippen molar-refractivity contribution in [3.63, 3.8) is 0 Å². The lowest BCUT2D eigenvalue weighted by Gasteiger charge is -2.24. The SMILES string of the molecule is C=C=C(c1ccc(C(F)(F)F)cc1)[P@@](=O)(c1ccccc1)C(C)C. The summed E-state index contributed by atoms with van der Waals surface area (Å²) in [6.07, 6.45) is -4.40. The molecule has 0 radical (unpaired) electrons. The van der Waals surface area contributed by atoms with Crippen molar-refractivity contribution in [2.75, 3.05) is 0 Å². The molecule has 1 atom stereocenters. The van der Waals surface area contributed by atoms with E-state index < -0.39 is 18.9 Å². The molecule has 0 amide bonds. The molecule has 0 aliphatic carbocycles. The van der Waals surface area contributed by atoms with Crippen molar-refractivity contribution in [3.05, 3.63) is 78.0 Å². The first kappa shape index (κ1) is 18.3. The van der Waals surface area contributed by atoms with Gasteiger partial charge in [0.2, 0.25) is 0 Å². The zero-order valence-corrected chi connectivity index (χ0v) is 14.4. The molecule has 2 rings (SSSR count). The topological polar surface area (TPSA) is 17.1 Å². The predicted molar refractivity (Wildman–Crippen MR) is 92.8 cm³/mol. The Hall–Kier alpha value is -2.02. The predicted octanol–water partition coefficient (Wildman–Crippen LogP) is 5.93. The summed E-state index contributed by atoms with van der Waals surface area (Å²) in [5.74, 6) is 0. The number of hydrogen-bond acceptors (Lipinski definition) is 1. The molecule has 0 heterocycles. The Morgan fingerprint density at radius 2 is 1.58 bits per heavy atom. The van der Waals surface area contributed by atoms with E-state index in [4.69, 9.17) is 0 Å². The normalized spacial score (nSPS) is 14.1. The van der Waals surface area contributed by atoms with Gasteiger partial charge in [-0.1, -0.05) is 62.9 Å². The number of benzene rings is 2. The smallest absolute Gasteiger partial charge is 0.313 e. The highest BCUT2D eigenvalue weighted by atomic mass is 31.2. The molecule has 0 saturated carbocycles. The van der Waals surface area contributed by atoms with Gasteiger partial charge >= 0.3 is 6.18 Å². The quantitative estimate of drug-likeness (QED) is 0.493. The second-order valence-electron chi connectivity index (χ2n) is 5.69. The number of alkyl halides is 3. The maximum Gasteiger partial charge on any atom is 0.416 e. The molecule has 0 fully saturated rings. The van der Waals surface area contributed by atoms with Crippen LogP contribution in [0.2, 0.25) is 0 Å². The van der Waals surface area contributed by atoms with Crippen LogP contribution in [0.3, 0.4) is 0 Å². The third-order valence-electron chi connectivity index (χ3n) is 3.85. The second-order valence-corrected chi connectivity index (χ2v) is 9.00. The van der Waals surface area contributed by atoms with Gasteiger partial charge in [-0.15, -0.1) is 5.73 Å². The highest BCUT2D eigenvalue weighted by Gasteiger charge is 2.35. The van der Waals surface area contributed by atoms with Crippen molar-refractivity contribution >= 4 is 17.8 Å². The van der Waals surface area contributed by atoms with Gasteiger partial charge < -0.3 is 4.57 Å². The fourth-order valence-corrected chi connectivity index (χ4v) is 5.32. The van der Waals surface area contributed by atoms with Crippen LogP contribution in [0.4, 0.5) is 13.2 Å². The van der Waals surface area contributed by atoms with Crippen molar-refractivity contribution in [3.8, 4) is 0 Å². The van der Waals surface area contributed by atoms with Gasteiger partial charge in [0, 0.05) is 11.0 Å². The molecule has 126 valence electrons. The van der Waals surface area contributed by atoms with Crippen LogP contribution >= 0.6 is 7.14 Å². The number of hydrogen-bond donors (Lipinski definition) is 0. The average molecular weight is 350 g/mol. The standard InChI is InChI=1S/C19H18F3OP/c1-4-18(15-10-12-16(13-11-15)19(20,21)22)24(23,14(2)3)17-8-6-5-7-9-17/h5-14H,1H2,2-3H3/t24-/m0/s1. The zero-order chi connectivity index (χ0) is 18.0. The summed E-state index contributed by atoms with van der Waals surface area (Å²) in [7, 11) is -3.07.